The van der Waals surface area contributed by atoms with Gasteiger partial charge < -0.3 is 4.74 Å². The van der Waals surface area contributed by atoms with Crippen molar-refractivity contribution in [2.24, 2.45) is 0 Å². The fourth-order valence-corrected chi connectivity index (χ4v) is 2.49. The molecule has 0 aliphatic carbocycles. The minimum absolute atomic E-state index is 0.895. The molecule has 0 unspecified atom stereocenters. The van der Waals surface area contributed by atoms with Crippen LogP contribution in [0.15, 0.2) is 47.5 Å². The van der Waals surface area contributed by atoms with Gasteiger partial charge in [0.2, 0.25) is 0 Å². The van der Waals surface area contributed by atoms with Crippen LogP contribution in [0.25, 0.3) is 0 Å². The van der Waals surface area contributed by atoms with Gasteiger partial charge in [-0.25, -0.2) is 0 Å². The fourth-order valence-electron chi connectivity index (χ4n) is 1.58. The molecule has 0 aliphatic rings. The molecule has 2 rings (SSSR count). The van der Waals surface area contributed by atoms with Crippen molar-refractivity contribution in [1.29, 1.82) is 0 Å². The van der Waals surface area contributed by atoms with Gasteiger partial charge in [-0.2, -0.15) is 0 Å². The Morgan fingerprint density at radius 2 is 2.12 bits per heavy atom. The van der Waals surface area contributed by atoms with Gasteiger partial charge in [0.25, 0.3) is 0 Å². The van der Waals surface area contributed by atoms with E-state index in [0.29, 0.717) is 0 Å². The highest BCUT2D eigenvalue weighted by atomic mass is 32.2. The van der Waals surface area contributed by atoms with Crippen molar-refractivity contribution in [3.8, 4) is 5.75 Å². The van der Waals surface area contributed by atoms with Gasteiger partial charge in [0, 0.05) is 16.8 Å². The molecule has 0 amide bonds. The first-order chi connectivity index (χ1) is 8.29. The first-order valence-corrected chi connectivity index (χ1v) is 6.45. The van der Waals surface area contributed by atoms with Crippen LogP contribution < -0.4 is 4.74 Å². The van der Waals surface area contributed by atoms with Crippen molar-refractivity contribution in [3.63, 3.8) is 0 Å². The van der Waals surface area contributed by atoms with Crippen molar-refractivity contribution >= 4 is 11.8 Å². The second-order valence-corrected chi connectivity index (χ2v) is 4.79. The van der Waals surface area contributed by atoms with E-state index < -0.39 is 0 Å². The summed E-state index contributed by atoms with van der Waals surface area (Å²) in [5.74, 6) is 1.83. The molecule has 1 aromatic carbocycles. The Labute approximate surface area is 106 Å². The third-order valence-electron chi connectivity index (χ3n) is 2.48. The zero-order valence-corrected chi connectivity index (χ0v) is 10.8. The van der Waals surface area contributed by atoms with Crippen LogP contribution in [0.4, 0.5) is 0 Å². The van der Waals surface area contributed by atoms with Crippen molar-refractivity contribution in [2.75, 3.05) is 7.11 Å². The maximum absolute atomic E-state index is 5.24. The molecule has 0 bridgehead atoms. The van der Waals surface area contributed by atoms with Crippen molar-refractivity contribution in [1.82, 2.24) is 4.98 Å². The Hall–Kier alpha value is -1.48. The van der Waals surface area contributed by atoms with Gasteiger partial charge >= 0.3 is 0 Å². The Kier molecular flexibility index (Phi) is 4.04. The zero-order valence-electron chi connectivity index (χ0n) is 10.0. The second kappa shape index (κ2) is 5.73. The number of benzene rings is 1. The maximum Gasteiger partial charge on any atom is 0.121 e. The highest BCUT2D eigenvalue weighted by Gasteiger charge is 2.01. The number of hydrogen-bond acceptors (Lipinski definition) is 3. The molecule has 0 N–H and O–H groups in total. The molecule has 0 atom stereocenters. The molecule has 2 nitrogen and oxygen atoms in total. The molecule has 0 fully saturated rings. The summed E-state index contributed by atoms with van der Waals surface area (Å²) in [5.41, 5.74) is 2.27. The third-order valence-corrected chi connectivity index (χ3v) is 3.51. The first-order valence-electron chi connectivity index (χ1n) is 5.47. The number of ether oxygens (including phenoxy) is 1. The van der Waals surface area contributed by atoms with Gasteiger partial charge in [-0.1, -0.05) is 6.07 Å². The first kappa shape index (κ1) is 12.0. The molecule has 88 valence electrons. The fraction of sp³-hybridized carbons (Fsp3) is 0.214. The second-order valence-electron chi connectivity index (χ2n) is 3.74. The monoisotopic (exact) mass is 245 g/mol. The molecule has 0 aliphatic heterocycles. The molecule has 0 spiro atoms. The zero-order chi connectivity index (χ0) is 12.1. The number of rotatable bonds is 4. The molecule has 1 aromatic heterocycles. The standard InChI is InChI=1S/C14H15NOS/c1-11-9-13(6-7-14(11)16-2)17-10-12-5-3-4-8-15-12/h3-9H,10H2,1-2H3. The Bertz CT molecular complexity index is 485. The minimum Gasteiger partial charge on any atom is -0.496 e. The average molecular weight is 245 g/mol. The van der Waals surface area contributed by atoms with E-state index >= 15 is 0 Å². The van der Waals surface area contributed by atoms with Crippen molar-refractivity contribution in [2.45, 2.75) is 17.6 Å². The van der Waals surface area contributed by atoms with Crippen LogP contribution >= 0.6 is 11.8 Å². The lowest BCUT2D eigenvalue weighted by Gasteiger charge is -2.06. The van der Waals surface area contributed by atoms with E-state index in [0.717, 1.165) is 17.2 Å². The summed E-state index contributed by atoms with van der Waals surface area (Å²) in [5, 5.41) is 0. The number of methoxy groups -OCH3 is 1. The van der Waals surface area contributed by atoms with Crippen LogP contribution in [0.2, 0.25) is 0 Å². The Morgan fingerprint density at radius 3 is 2.76 bits per heavy atom. The predicted octanol–water partition coefficient (Wildman–Crippen LogP) is 3.69. The van der Waals surface area contributed by atoms with Crippen molar-refractivity contribution in [3.05, 3.63) is 53.9 Å². The summed E-state index contributed by atoms with van der Waals surface area (Å²) in [6, 6.07) is 12.2. The average Bonchev–Trinajstić information content (AvgIpc) is 2.38. The smallest absolute Gasteiger partial charge is 0.121 e. The lowest BCUT2D eigenvalue weighted by Crippen LogP contribution is -1.88. The molecule has 0 saturated heterocycles. The number of aryl methyl sites for hydroxylation is 1. The molecule has 2 aromatic rings. The summed E-state index contributed by atoms with van der Waals surface area (Å²) < 4.78 is 5.24. The summed E-state index contributed by atoms with van der Waals surface area (Å²) in [6.45, 7) is 2.06. The molecular weight excluding hydrogens is 230 g/mol. The Morgan fingerprint density at radius 1 is 1.24 bits per heavy atom. The SMILES string of the molecule is COc1ccc(SCc2ccccn2)cc1C. The van der Waals surface area contributed by atoms with Gasteiger partial charge in [0.1, 0.15) is 5.75 Å². The summed E-state index contributed by atoms with van der Waals surface area (Å²) >= 11 is 1.79. The van der Waals surface area contributed by atoms with E-state index in [1.54, 1.807) is 18.9 Å². The molecule has 3 heteroatoms. The molecule has 17 heavy (non-hydrogen) atoms. The van der Waals surface area contributed by atoms with Gasteiger partial charge in [-0.15, -0.1) is 11.8 Å². The van der Waals surface area contributed by atoms with E-state index in [-0.39, 0.29) is 0 Å². The van der Waals surface area contributed by atoms with E-state index in [1.807, 2.05) is 30.5 Å². The largest absolute Gasteiger partial charge is 0.496 e. The van der Waals surface area contributed by atoms with E-state index in [2.05, 4.69) is 24.0 Å². The third kappa shape index (κ3) is 3.24. The van der Waals surface area contributed by atoms with Crippen LogP contribution in [0.5, 0.6) is 5.75 Å². The molecule has 0 radical (unpaired) electrons. The number of aromatic nitrogens is 1. The molecule has 1 heterocycles. The number of nitrogens with zero attached hydrogens (tertiary/aromatic N) is 1. The van der Waals surface area contributed by atoms with Crippen molar-refractivity contribution < 1.29 is 4.74 Å². The van der Waals surface area contributed by atoms with Crippen LogP contribution in [0.3, 0.4) is 0 Å². The van der Waals surface area contributed by atoms with Crippen LogP contribution in [0.1, 0.15) is 11.3 Å². The summed E-state index contributed by atoms with van der Waals surface area (Å²) in [7, 11) is 1.70. The van der Waals surface area contributed by atoms with Gasteiger partial charge in [0.15, 0.2) is 0 Å². The van der Waals surface area contributed by atoms with Gasteiger partial charge in [-0.3, -0.25) is 4.98 Å². The van der Waals surface area contributed by atoms with Crippen LogP contribution in [-0.4, -0.2) is 12.1 Å². The summed E-state index contributed by atoms with van der Waals surface area (Å²) in [6.07, 6.45) is 1.83. The minimum atomic E-state index is 0.895. The summed E-state index contributed by atoms with van der Waals surface area (Å²) in [4.78, 5) is 5.55. The topological polar surface area (TPSA) is 22.1 Å². The maximum atomic E-state index is 5.24. The van der Waals surface area contributed by atoms with E-state index in [1.165, 1.54) is 10.5 Å². The van der Waals surface area contributed by atoms with Crippen LogP contribution in [-0.2, 0) is 5.75 Å². The number of hydrogen-bond donors (Lipinski definition) is 0. The van der Waals surface area contributed by atoms with Gasteiger partial charge in [0.05, 0.1) is 12.8 Å². The van der Waals surface area contributed by atoms with Gasteiger partial charge in [-0.05, 0) is 42.8 Å². The lowest BCUT2D eigenvalue weighted by molar-refractivity contribution is 0.411. The molecular formula is C14H15NOS. The van der Waals surface area contributed by atoms with E-state index in [4.69, 9.17) is 4.74 Å². The lowest BCUT2D eigenvalue weighted by atomic mass is 10.2. The Balaban J connectivity index is 2.02. The van der Waals surface area contributed by atoms with Crippen LogP contribution in [0, 0.1) is 6.92 Å². The number of pyridine rings is 1. The highest BCUT2D eigenvalue weighted by molar-refractivity contribution is 7.98. The normalized spacial score (nSPS) is 10.2. The van der Waals surface area contributed by atoms with E-state index in [9.17, 15) is 0 Å². The quantitative estimate of drug-likeness (QED) is 0.767. The predicted molar refractivity (Wildman–Crippen MR) is 71.5 cm³/mol. The number of thioether (sulfide) groups is 1. The molecule has 0 saturated carbocycles. The highest BCUT2D eigenvalue weighted by Crippen LogP contribution is 2.27.